The van der Waals surface area contributed by atoms with Crippen LogP contribution in [0.4, 0.5) is 0 Å². The van der Waals surface area contributed by atoms with Gasteiger partial charge in [-0.3, -0.25) is 4.79 Å². The number of rotatable bonds is 2. The lowest BCUT2D eigenvalue weighted by Crippen LogP contribution is -2.11. The van der Waals surface area contributed by atoms with E-state index in [1.165, 1.54) is 12.1 Å². The van der Waals surface area contributed by atoms with Gasteiger partial charge < -0.3 is 4.98 Å². The molecule has 6 heteroatoms. The largest absolute Gasteiger partial charge is 0.325 e. The third kappa shape index (κ3) is 2.93. The fourth-order valence-corrected chi connectivity index (χ4v) is 2.72. The van der Waals surface area contributed by atoms with Crippen molar-refractivity contribution in [3.05, 3.63) is 55.4 Å². The summed E-state index contributed by atoms with van der Waals surface area (Å²) in [7, 11) is 0. The van der Waals surface area contributed by atoms with E-state index < -0.39 is 0 Å². The van der Waals surface area contributed by atoms with Crippen molar-refractivity contribution in [2.24, 2.45) is 0 Å². The summed E-state index contributed by atoms with van der Waals surface area (Å²) in [5, 5.41) is 9.59. The Hall–Kier alpha value is -1.47. The molecule has 0 unspecified atom stereocenters. The molecule has 0 amide bonds. The number of nitrogens with zero attached hydrogens (tertiary/aromatic N) is 1. The smallest absolute Gasteiger partial charge is 0.256 e. The van der Waals surface area contributed by atoms with Gasteiger partial charge in [0, 0.05) is 21.8 Å². The van der Waals surface area contributed by atoms with E-state index in [2.05, 4.69) is 4.98 Å². The highest BCUT2D eigenvalue weighted by atomic mass is 35.5. The van der Waals surface area contributed by atoms with Crippen LogP contribution in [0.3, 0.4) is 0 Å². The van der Waals surface area contributed by atoms with Crippen LogP contribution in [0.1, 0.15) is 5.69 Å². The second kappa shape index (κ2) is 5.66. The van der Waals surface area contributed by atoms with Gasteiger partial charge in [0.2, 0.25) is 0 Å². The molecule has 0 atom stereocenters. The van der Waals surface area contributed by atoms with Crippen LogP contribution in [0.5, 0.6) is 0 Å². The molecule has 0 saturated carbocycles. The minimum Gasteiger partial charge on any atom is -0.325 e. The summed E-state index contributed by atoms with van der Waals surface area (Å²) in [6.07, 6.45) is 0.137. The fourth-order valence-electron chi connectivity index (χ4n) is 1.70. The highest BCUT2D eigenvalue weighted by molar-refractivity contribution is 6.41. The van der Waals surface area contributed by atoms with Gasteiger partial charge in [-0.05, 0) is 24.3 Å². The molecule has 2 aromatic rings. The van der Waals surface area contributed by atoms with Gasteiger partial charge in [0.25, 0.3) is 5.56 Å². The van der Waals surface area contributed by atoms with Gasteiger partial charge >= 0.3 is 0 Å². The molecule has 1 heterocycles. The molecular formula is C13H7Cl3N2O. The van der Waals surface area contributed by atoms with Gasteiger partial charge in [-0.1, -0.05) is 34.8 Å². The van der Waals surface area contributed by atoms with E-state index in [0.29, 0.717) is 31.9 Å². The molecule has 96 valence electrons. The van der Waals surface area contributed by atoms with Crippen LogP contribution in [0.2, 0.25) is 15.1 Å². The third-order valence-corrected chi connectivity index (χ3v) is 3.33. The molecule has 3 nitrogen and oxygen atoms in total. The van der Waals surface area contributed by atoms with Gasteiger partial charge in [0.1, 0.15) is 0 Å². The summed E-state index contributed by atoms with van der Waals surface area (Å²) < 4.78 is 0. The van der Waals surface area contributed by atoms with Crippen LogP contribution in [0, 0.1) is 11.3 Å². The first-order chi connectivity index (χ1) is 9.02. The average Bonchev–Trinajstić information content (AvgIpc) is 2.31. The summed E-state index contributed by atoms with van der Waals surface area (Å²) in [6.45, 7) is 0. The monoisotopic (exact) mass is 312 g/mol. The maximum Gasteiger partial charge on any atom is 0.256 e. The van der Waals surface area contributed by atoms with E-state index in [1.54, 1.807) is 12.1 Å². The zero-order valence-corrected chi connectivity index (χ0v) is 11.8. The Morgan fingerprint density at radius 3 is 2.32 bits per heavy atom. The molecule has 19 heavy (non-hydrogen) atoms. The van der Waals surface area contributed by atoms with Crippen LogP contribution >= 0.6 is 34.8 Å². The van der Waals surface area contributed by atoms with E-state index in [4.69, 9.17) is 40.1 Å². The van der Waals surface area contributed by atoms with E-state index in [0.717, 1.165) is 0 Å². The van der Waals surface area contributed by atoms with Gasteiger partial charge in [-0.25, -0.2) is 0 Å². The summed E-state index contributed by atoms with van der Waals surface area (Å²) in [5.41, 5.74) is 0.960. The molecule has 2 rings (SSSR count). The molecule has 0 fully saturated rings. The number of benzene rings is 1. The maximum atomic E-state index is 12.0. The van der Waals surface area contributed by atoms with Crippen LogP contribution in [0.15, 0.2) is 29.1 Å². The standard InChI is InChI=1S/C13H7Cl3N2O/c14-7-5-10(15)12(11(16)6-7)9-2-1-8(3-4-17)18-13(9)19/h1-2,5-6H,3H2,(H,18,19). The van der Waals surface area contributed by atoms with E-state index in [1.807, 2.05) is 6.07 Å². The Balaban J connectivity index is 2.61. The molecule has 1 aromatic heterocycles. The van der Waals surface area contributed by atoms with Gasteiger partial charge in [0.15, 0.2) is 0 Å². The van der Waals surface area contributed by atoms with Crippen molar-refractivity contribution >= 4 is 34.8 Å². The Kier molecular flexibility index (Phi) is 4.16. The van der Waals surface area contributed by atoms with Crippen molar-refractivity contribution in [3.8, 4) is 17.2 Å². The summed E-state index contributed by atoms with van der Waals surface area (Å²) in [4.78, 5) is 14.6. The van der Waals surface area contributed by atoms with Crippen molar-refractivity contribution in [1.82, 2.24) is 4.98 Å². The summed E-state index contributed by atoms with van der Waals surface area (Å²) in [6, 6.07) is 8.25. The Labute approximate surface area is 124 Å². The second-order valence-electron chi connectivity index (χ2n) is 3.81. The zero-order chi connectivity index (χ0) is 14.0. The van der Waals surface area contributed by atoms with Crippen molar-refractivity contribution in [2.45, 2.75) is 6.42 Å². The van der Waals surface area contributed by atoms with Gasteiger partial charge in [-0.15, -0.1) is 0 Å². The molecule has 1 aromatic carbocycles. The number of aromatic amines is 1. The molecule has 1 N–H and O–H groups in total. The summed E-state index contributed by atoms with van der Waals surface area (Å²) >= 11 is 18.0. The third-order valence-electron chi connectivity index (χ3n) is 2.52. The number of halogens is 3. The number of pyridine rings is 1. The Bertz CT molecular complexity index is 708. The zero-order valence-electron chi connectivity index (χ0n) is 9.51. The first-order valence-corrected chi connectivity index (χ1v) is 6.40. The topological polar surface area (TPSA) is 56.6 Å². The molecule has 0 aliphatic rings. The lowest BCUT2D eigenvalue weighted by molar-refractivity contribution is 1.08. The molecule has 0 bridgehead atoms. The Morgan fingerprint density at radius 2 is 1.79 bits per heavy atom. The fraction of sp³-hybridized carbons (Fsp3) is 0.0769. The lowest BCUT2D eigenvalue weighted by Gasteiger charge is -2.07. The number of hydrogen-bond acceptors (Lipinski definition) is 2. The highest BCUT2D eigenvalue weighted by Gasteiger charge is 2.13. The van der Waals surface area contributed by atoms with Crippen LogP contribution in [-0.2, 0) is 6.42 Å². The van der Waals surface area contributed by atoms with Crippen molar-refractivity contribution in [3.63, 3.8) is 0 Å². The highest BCUT2D eigenvalue weighted by Crippen LogP contribution is 2.35. The number of nitriles is 1. The summed E-state index contributed by atoms with van der Waals surface area (Å²) in [5.74, 6) is 0. The normalized spacial score (nSPS) is 10.2. The Morgan fingerprint density at radius 1 is 1.16 bits per heavy atom. The number of aromatic nitrogens is 1. The minimum atomic E-state index is -0.348. The van der Waals surface area contributed by atoms with Crippen LogP contribution < -0.4 is 5.56 Å². The maximum absolute atomic E-state index is 12.0. The molecule has 0 radical (unpaired) electrons. The SMILES string of the molecule is N#CCc1ccc(-c2c(Cl)cc(Cl)cc2Cl)c(=O)[nH]1. The van der Waals surface area contributed by atoms with Crippen LogP contribution in [-0.4, -0.2) is 4.98 Å². The first kappa shape index (κ1) is 14.0. The van der Waals surface area contributed by atoms with E-state index in [-0.39, 0.29) is 12.0 Å². The van der Waals surface area contributed by atoms with Crippen molar-refractivity contribution in [2.75, 3.05) is 0 Å². The average molecular weight is 314 g/mol. The van der Waals surface area contributed by atoms with Gasteiger partial charge in [0.05, 0.1) is 22.5 Å². The second-order valence-corrected chi connectivity index (χ2v) is 5.06. The molecule has 0 saturated heterocycles. The van der Waals surface area contributed by atoms with Gasteiger partial charge in [-0.2, -0.15) is 5.26 Å². The quantitative estimate of drug-likeness (QED) is 0.908. The number of H-pyrrole nitrogens is 1. The number of hydrogen-bond donors (Lipinski definition) is 1. The predicted octanol–water partition coefficient (Wildman–Crippen LogP) is 4.07. The molecule has 0 aliphatic carbocycles. The van der Waals surface area contributed by atoms with Crippen molar-refractivity contribution in [1.29, 1.82) is 5.26 Å². The van der Waals surface area contributed by atoms with E-state index >= 15 is 0 Å². The molecule has 0 spiro atoms. The molecular weight excluding hydrogens is 307 g/mol. The minimum absolute atomic E-state index is 0.137. The first-order valence-electron chi connectivity index (χ1n) is 5.27. The molecule has 0 aliphatic heterocycles. The number of nitrogens with one attached hydrogen (secondary N) is 1. The van der Waals surface area contributed by atoms with Crippen molar-refractivity contribution < 1.29 is 0 Å². The lowest BCUT2D eigenvalue weighted by atomic mass is 10.1. The van der Waals surface area contributed by atoms with Crippen LogP contribution in [0.25, 0.3) is 11.1 Å². The van der Waals surface area contributed by atoms with E-state index in [9.17, 15) is 4.79 Å². The predicted molar refractivity (Wildman–Crippen MR) is 76.8 cm³/mol.